The van der Waals surface area contributed by atoms with Gasteiger partial charge in [0.1, 0.15) is 24.2 Å². The first-order valence-electron chi connectivity index (χ1n) is 9.68. The van der Waals surface area contributed by atoms with Gasteiger partial charge in [0.05, 0.1) is 6.54 Å². The summed E-state index contributed by atoms with van der Waals surface area (Å²) in [6.45, 7) is 6.49. The lowest BCUT2D eigenvalue weighted by Gasteiger charge is -2.20. The smallest absolute Gasteiger partial charge is 0.243 e. The summed E-state index contributed by atoms with van der Waals surface area (Å²) in [7, 11) is 3.39. The van der Waals surface area contributed by atoms with Crippen LogP contribution in [0.2, 0.25) is 0 Å². The third-order valence-corrected chi connectivity index (χ3v) is 3.88. The van der Waals surface area contributed by atoms with Gasteiger partial charge < -0.3 is 25.0 Å². The molecule has 28 heavy (non-hydrogen) atoms. The number of halogens is 1. The average molecular weight is 397 g/mol. The first-order chi connectivity index (χ1) is 13.5. The molecule has 0 saturated carbocycles. The summed E-state index contributed by atoms with van der Waals surface area (Å²) < 4.78 is 24.5. The van der Waals surface area contributed by atoms with Crippen LogP contribution >= 0.6 is 0 Å². The summed E-state index contributed by atoms with van der Waals surface area (Å²) in [5, 5.41) is 6.40. The Labute approximate surface area is 167 Å². The zero-order valence-electron chi connectivity index (χ0n) is 17.3. The molecule has 8 heteroatoms. The van der Waals surface area contributed by atoms with E-state index >= 15 is 0 Å². The number of aliphatic imine (C=N–C) groups is 1. The Morgan fingerprint density at radius 1 is 1.29 bits per heavy atom. The number of carbonyl (C=O) groups excluding carboxylic acids is 1. The van der Waals surface area contributed by atoms with Crippen molar-refractivity contribution in [3.8, 4) is 5.75 Å². The Bertz CT molecular complexity index is 611. The van der Waals surface area contributed by atoms with Gasteiger partial charge in [0.2, 0.25) is 5.91 Å². The van der Waals surface area contributed by atoms with Crippen LogP contribution in [-0.4, -0.2) is 69.8 Å². The minimum atomic E-state index is -0.333. The minimum Gasteiger partial charge on any atom is -0.489 e. The molecule has 0 aliphatic carbocycles. The van der Waals surface area contributed by atoms with E-state index in [2.05, 4.69) is 15.6 Å². The maximum absolute atomic E-state index is 13.3. The van der Waals surface area contributed by atoms with E-state index in [0.717, 1.165) is 12.8 Å². The molecular formula is C20H33FN4O3. The van der Waals surface area contributed by atoms with Crippen molar-refractivity contribution < 1.29 is 18.7 Å². The van der Waals surface area contributed by atoms with E-state index in [-0.39, 0.29) is 24.4 Å². The highest BCUT2D eigenvalue weighted by Crippen LogP contribution is 2.14. The monoisotopic (exact) mass is 396 g/mol. The Hall–Kier alpha value is -2.35. The highest BCUT2D eigenvalue weighted by Gasteiger charge is 2.11. The Kier molecular flexibility index (Phi) is 11.6. The van der Waals surface area contributed by atoms with Gasteiger partial charge in [-0.1, -0.05) is 13.0 Å². The van der Waals surface area contributed by atoms with Crippen molar-refractivity contribution in [2.24, 2.45) is 4.99 Å². The summed E-state index contributed by atoms with van der Waals surface area (Å²) in [4.78, 5) is 17.6. The van der Waals surface area contributed by atoms with Gasteiger partial charge in [-0.2, -0.15) is 0 Å². The van der Waals surface area contributed by atoms with Crippen LogP contribution in [0.5, 0.6) is 5.75 Å². The average Bonchev–Trinajstić information content (AvgIpc) is 2.67. The van der Waals surface area contributed by atoms with Crippen LogP contribution in [0.25, 0.3) is 0 Å². The van der Waals surface area contributed by atoms with Crippen molar-refractivity contribution in [2.45, 2.75) is 32.8 Å². The maximum Gasteiger partial charge on any atom is 0.243 e. The summed E-state index contributed by atoms with van der Waals surface area (Å²) in [5.74, 6) is 0.604. The van der Waals surface area contributed by atoms with Crippen LogP contribution in [0.4, 0.5) is 4.39 Å². The lowest BCUT2D eigenvalue weighted by atomic mass is 10.2. The number of guanidine groups is 1. The number of ether oxygens (including phenoxy) is 2. The third kappa shape index (κ3) is 10.1. The molecular weight excluding hydrogens is 363 g/mol. The van der Waals surface area contributed by atoms with Gasteiger partial charge in [0, 0.05) is 39.9 Å². The predicted molar refractivity (Wildman–Crippen MR) is 109 cm³/mol. The summed E-state index contributed by atoms with van der Waals surface area (Å²) >= 11 is 0. The third-order valence-electron chi connectivity index (χ3n) is 3.88. The largest absolute Gasteiger partial charge is 0.489 e. The van der Waals surface area contributed by atoms with Crippen molar-refractivity contribution >= 4 is 11.9 Å². The highest BCUT2D eigenvalue weighted by atomic mass is 19.1. The zero-order chi connectivity index (χ0) is 20.8. The molecule has 1 aromatic carbocycles. The number of hydrogen-bond acceptors (Lipinski definition) is 4. The van der Waals surface area contributed by atoms with E-state index in [0.29, 0.717) is 38.0 Å². The van der Waals surface area contributed by atoms with Gasteiger partial charge in [-0.05, 0) is 31.9 Å². The molecule has 0 fully saturated rings. The van der Waals surface area contributed by atoms with E-state index in [1.165, 1.54) is 17.0 Å². The Morgan fingerprint density at radius 2 is 2.07 bits per heavy atom. The number of hydrogen-bond donors (Lipinski definition) is 2. The second-order valence-corrected chi connectivity index (χ2v) is 6.42. The highest BCUT2D eigenvalue weighted by molar-refractivity contribution is 5.84. The van der Waals surface area contributed by atoms with Crippen molar-refractivity contribution in [3.63, 3.8) is 0 Å². The molecule has 0 aromatic heterocycles. The number of nitrogens with zero attached hydrogens (tertiary/aromatic N) is 2. The minimum absolute atomic E-state index is 0.0509. The standard InChI is InChI=1S/C20H33FN4O3/c1-5-17(28-18-10-7-9-16(21)13-18)14-23-20(22-11-8-12-27-6-2)24-15-19(26)25(3)4/h7,9-10,13,17H,5-6,8,11-12,14-15H2,1-4H3,(H2,22,23,24). The van der Waals surface area contributed by atoms with Gasteiger partial charge in [-0.25, -0.2) is 9.38 Å². The van der Waals surface area contributed by atoms with Crippen LogP contribution < -0.4 is 15.4 Å². The molecule has 7 nitrogen and oxygen atoms in total. The van der Waals surface area contributed by atoms with Crippen LogP contribution in [0.3, 0.4) is 0 Å². The fraction of sp³-hybridized carbons (Fsp3) is 0.600. The van der Waals surface area contributed by atoms with Crippen LogP contribution in [0.15, 0.2) is 29.3 Å². The van der Waals surface area contributed by atoms with E-state index in [9.17, 15) is 9.18 Å². The summed E-state index contributed by atoms with van der Waals surface area (Å²) in [6.07, 6.45) is 1.40. The number of benzene rings is 1. The molecule has 0 spiro atoms. The van der Waals surface area contributed by atoms with Gasteiger partial charge in [-0.3, -0.25) is 4.79 Å². The number of rotatable bonds is 12. The second kappa shape index (κ2) is 13.8. The molecule has 0 radical (unpaired) electrons. The fourth-order valence-corrected chi connectivity index (χ4v) is 2.20. The van der Waals surface area contributed by atoms with E-state index < -0.39 is 0 Å². The van der Waals surface area contributed by atoms with E-state index in [1.54, 1.807) is 26.2 Å². The molecule has 1 unspecified atom stereocenters. The van der Waals surface area contributed by atoms with Crippen molar-refractivity contribution in [1.82, 2.24) is 15.5 Å². The molecule has 1 atom stereocenters. The van der Waals surface area contributed by atoms with Crippen molar-refractivity contribution in [2.75, 3.05) is 46.9 Å². The second-order valence-electron chi connectivity index (χ2n) is 6.42. The van der Waals surface area contributed by atoms with Crippen LogP contribution in [0, 0.1) is 5.82 Å². The molecule has 1 amide bonds. The van der Waals surface area contributed by atoms with Crippen molar-refractivity contribution in [1.29, 1.82) is 0 Å². The number of likely N-dealkylation sites (N-methyl/N-ethyl adjacent to an activating group) is 1. The van der Waals surface area contributed by atoms with E-state index in [1.807, 2.05) is 13.8 Å². The van der Waals surface area contributed by atoms with Gasteiger partial charge >= 0.3 is 0 Å². The number of carbonyl (C=O) groups is 1. The molecule has 0 saturated heterocycles. The number of amides is 1. The summed E-state index contributed by atoms with van der Waals surface area (Å²) in [6, 6.07) is 6.08. The molecule has 0 heterocycles. The zero-order valence-corrected chi connectivity index (χ0v) is 17.3. The lowest BCUT2D eigenvalue weighted by molar-refractivity contribution is -0.127. The molecule has 0 aliphatic rings. The quantitative estimate of drug-likeness (QED) is 0.321. The SMILES string of the molecule is CCOCCCNC(=NCC(=O)N(C)C)NCC(CC)Oc1cccc(F)c1. The van der Waals surface area contributed by atoms with Crippen molar-refractivity contribution in [3.05, 3.63) is 30.1 Å². The summed E-state index contributed by atoms with van der Waals surface area (Å²) in [5.41, 5.74) is 0. The Morgan fingerprint density at radius 3 is 2.71 bits per heavy atom. The first-order valence-corrected chi connectivity index (χ1v) is 9.68. The normalized spacial score (nSPS) is 12.4. The predicted octanol–water partition coefficient (Wildman–Crippen LogP) is 2.03. The van der Waals surface area contributed by atoms with Crippen LogP contribution in [-0.2, 0) is 9.53 Å². The molecule has 1 aromatic rings. The molecule has 0 bridgehead atoms. The number of nitrogens with one attached hydrogen (secondary N) is 2. The Balaban J connectivity index is 2.60. The maximum atomic E-state index is 13.3. The molecule has 0 aliphatic heterocycles. The molecule has 158 valence electrons. The van der Waals surface area contributed by atoms with Gasteiger partial charge in [0.15, 0.2) is 5.96 Å². The van der Waals surface area contributed by atoms with Crippen LogP contribution in [0.1, 0.15) is 26.7 Å². The van der Waals surface area contributed by atoms with E-state index in [4.69, 9.17) is 9.47 Å². The molecule has 2 N–H and O–H groups in total. The first kappa shape index (κ1) is 23.7. The topological polar surface area (TPSA) is 75.2 Å². The molecule has 1 rings (SSSR count). The lowest BCUT2D eigenvalue weighted by Crippen LogP contribution is -2.43. The van der Waals surface area contributed by atoms with Gasteiger partial charge in [-0.15, -0.1) is 0 Å². The fourth-order valence-electron chi connectivity index (χ4n) is 2.20. The van der Waals surface area contributed by atoms with Gasteiger partial charge in [0.25, 0.3) is 0 Å².